The van der Waals surface area contributed by atoms with Gasteiger partial charge in [0.15, 0.2) is 6.61 Å². The molecule has 2 aromatic carbocycles. The Hall–Kier alpha value is -3.39. The highest BCUT2D eigenvalue weighted by atomic mass is 16.7. The van der Waals surface area contributed by atoms with Crippen LogP contribution in [0.25, 0.3) is 11.1 Å². The molecule has 2 amide bonds. The molecule has 3 rings (SSSR count). The largest absolute Gasteiger partial charge is 0.479 e. The van der Waals surface area contributed by atoms with Crippen molar-refractivity contribution in [2.75, 3.05) is 26.8 Å². The predicted octanol–water partition coefficient (Wildman–Crippen LogP) is 4.34. The van der Waals surface area contributed by atoms with Crippen molar-refractivity contribution >= 4 is 18.0 Å². The van der Waals surface area contributed by atoms with Gasteiger partial charge in [0, 0.05) is 25.9 Å². The third kappa shape index (κ3) is 7.05. The van der Waals surface area contributed by atoms with Crippen molar-refractivity contribution in [3.05, 3.63) is 59.7 Å². The zero-order chi connectivity index (χ0) is 24.3. The monoisotopic (exact) mass is 468 g/mol. The lowest BCUT2D eigenvalue weighted by atomic mass is 9.98. The van der Waals surface area contributed by atoms with Crippen LogP contribution in [0.15, 0.2) is 48.5 Å². The van der Waals surface area contributed by atoms with Gasteiger partial charge in [-0.05, 0) is 35.1 Å². The van der Waals surface area contributed by atoms with Gasteiger partial charge in [-0.25, -0.2) is 14.7 Å². The van der Waals surface area contributed by atoms with Gasteiger partial charge in [-0.2, -0.15) is 0 Å². The van der Waals surface area contributed by atoms with Crippen LogP contribution in [0.5, 0.6) is 0 Å². The number of alkyl carbamates (subject to hydrolysis) is 1. The number of fused-ring (bicyclic) bond motifs is 3. The molecule has 0 aliphatic heterocycles. The molecule has 8 heteroatoms. The second kappa shape index (κ2) is 12.7. The van der Waals surface area contributed by atoms with Gasteiger partial charge in [0.2, 0.25) is 5.91 Å². The highest BCUT2D eigenvalue weighted by Gasteiger charge is 2.28. The van der Waals surface area contributed by atoms with Gasteiger partial charge in [0.1, 0.15) is 6.61 Å². The maximum atomic E-state index is 12.2. The van der Waals surface area contributed by atoms with Crippen LogP contribution < -0.4 is 5.32 Å². The molecule has 0 atom stereocenters. The number of amides is 2. The summed E-state index contributed by atoms with van der Waals surface area (Å²) in [5, 5.41) is 12.3. The topological polar surface area (TPSA) is 105 Å². The number of rotatable bonds is 13. The second-order valence-corrected chi connectivity index (χ2v) is 8.33. The van der Waals surface area contributed by atoms with E-state index in [2.05, 4.69) is 29.6 Å². The molecule has 0 saturated carbocycles. The Morgan fingerprint density at radius 3 is 2.15 bits per heavy atom. The number of carboxylic acids is 1. The molecule has 0 radical (unpaired) electrons. The van der Waals surface area contributed by atoms with E-state index in [9.17, 15) is 14.4 Å². The Kier molecular flexibility index (Phi) is 9.46. The van der Waals surface area contributed by atoms with E-state index in [1.807, 2.05) is 24.3 Å². The summed E-state index contributed by atoms with van der Waals surface area (Å²) < 4.78 is 5.53. The lowest BCUT2D eigenvalue weighted by molar-refractivity contribution is -0.185. The van der Waals surface area contributed by atoms with Crippen LogP contribution in [0, 0.1) is 0 Å². The number of benzene rings is 2. The summed E-state index contributed by atoms with van der Waals surface area (Å²) in [5.41, 5.74) is 4.78. The number of hydrogen-bond acceptors (Lipinski definition) is 5. The number of hydrogen-bond donors (Lipinski definition) is 2. The Morgan fingerprint density at radius 1 is 0.912 bits per heavy atom. The summed E-state index contributed by atoms with van der Waals surface area (Å²) >= 11 is 0. The molecule has 34 heavy (non-hydrogen) atoms. The van der Waals surface area contributed by atoms with Gasteiger partial charge < -0.3 is 15.2 Å². The predicted molar refractivity (Wildman–Crippen MR) is 127 cm³/mol. The number of carbonyl (C=O) groups excluding carboxylic acids is 2. The molecule has 0 bridgehead atoms. The molecule has 2 aromatic rings. The third-order valence-electron chi connectivity index (χ3n) is 5.91. The van der Waals surface area contributed by atoms with Crippen molar-refractivity contribution < 1.29 is 29.1 Å². The highest BCUT2D eigenvalue weighted by Crippen LogP contribution is 2.44. The van der Waals surface area contributed by atoms with Crippen LogP contribution in [0.4, 0.5) is 4.79 Å². The molecule has 8 nitrogen and oxygen atoms in total. The first kappa shape index (κ1) is 25.2. The van der Waals surface area contributed by atoms with E-state index < -0.39 is 18.7 Å². The Labute approximate surface area is 199 Å². The Morgan fingerprint density at radius 2 is 1.50 bits per heavy atom. The van der Waals surface area contributed by atoms with Gasteiger partial charge in [0.05, 0.1) is 0 Å². The van der Waals surface area contributed by atoms with Crippen molar-refractivity contribution in [2.45, 2.75) is 44.4 Å². The highest BCUT2D eigenvalue weighted by molar-refractivity contribution is 5.79. The normalized spacial score (nSPS) is 12.0. The van der Waals surface area contributed by atoms with E-state index in [0.29, 0.717) is 26.0 Å². The van der Waals surface area contributed by atoms with Crippen LogP contribution in [-0.2, 0) is 19.2 Å². The molecular formula is C26H32N2O6. The molecule has 0 spiro atoms. The Balaban J connectivity index is 1.26. The first-order valence-corrected chi connectivity index (χ1v) is 11.7. The fraction of sp³-hybridized carbons (Fsp3) is 0.423. The Bertz CT molecular complexity index is 947. The summed E-state index contributed by atoms with van der Waals surface area (Å²) in [7, 11) is 1.42. The quantitative estimate of drug-likeness (QED) is 0.335. The molecule has 1 aliphatic carbocycles. The lowest BCUT2D eigenvalue weighted by Crippen LogP contribution is -2.29. The van der Waals surface area contributed by atoms with Crippen molar-refractivity contribution in [3.8, 4) is 11.1 Å². The minimum atomic E-state index is -1.12. The molecule has 0 aromatic heterocycles. The van der Waals surface area contributed by atoms with Crippen LogP contribution in [0.2, 0.25) is 0 Å². The van der Waals surface area contributed by atoms with Crippen molar-refractivity contribution in [1.29, 1.82) is 0 Å². The maximum Gasteiger partial charge on any atom is 0.407 e. The minimum Gasteiger partial charge on any atom is -0.479 e. The number of ether oxygens (including phenoxy) is 1. The average Bonchev–Trinajstić information content (AvgIpc) is 3.16. The van der Waals surface area contributed by atoms with E-state index in [-0.39, 0.29) is 11.8 Å². The second-order valence-electron chi connectivity index (χ2n) is 8.33. The van der Waals surface area contributed by atoms with E-state index >= 15 is 0 Å². The van der Waals surface area contributed by atoms with Gasteiger partial charge >= 0.3 is 12.1 Å². The number of carbonyl (C=O) groups is 3. The van der Waals surface area contributed by atoms with Crippen LogP contribution in [-0.4, -0.2) is 54.9 Å². The standard InChI is InChI=1S/C26H32N2O6/c1-28(34-18-25(30)31)24(29)15-5-3-2-4-10-16-27-26(32)33-17-23-21-13-8-6-11-19(21)20-12-7-9-14-22(20)23/h6-9,11-14,23H,2-5,10,15-18H2,1H3,(H,27,32)(H,30,31). The van der Waals surface area contributed by atoms with E-state index in [4.69, 9.17) is 14.7 Å². The van der Waals surface area contributed by atoms with Crippen LogP contribution in [0.3, 0.4) is 0 Å². The van der Waals surface area contributed by atoms with E-state index in [0.717, 1.165) is 30.7 Å². The lowest BCUT2D eigenvalue weighted by Gasteiger charge is -2.15. The molecule has 0 fully saturated rings. The third-order valence-corrected chi connectivity index (χ3v) is 5.91. The number of hydroxylamine groups is 2. The molecule has 182 valence electrons. The molecule has 0 heterocycles. The van der Waals surface area contributed by atoms with Gasteiger partial charge in [-0.1, -0.05) is 67.8 Å². The summed E-state index contributed by atoms with van der Waals surface area (Å²) in [4.78, 5) is 39.2. The summed E-state index contributed by atoms with van der Waals surface area (Å²) in [5.74, 6) is -1.31. The summed E-state index contributed by atoms with van der Waals surface area (Å²) in [6.45, 7) is 0.318. The fourth-order valence-corrected chi connectivity index (χ4v) is 4.15. The molecule has 2 N–H and O–H groups in total. The van der Waals surface area contributed by atoms with Crippen molar-refractivity contribution in [1.82, 2.24) is 10.4 Å². The van der Waals surface area contributed by atoms with Gasteiger partial charge in [-0.3, -0.25) is 9.63 Å². The van der Waals surface area contributed by atoms with Crippen LogP contribution >= 0.6 is 0 Å². The van der Waals surface area contributed by atoms with Crippen molar-refractivity contribution in [2.24, 2.45) is 0 Å². The first-order valence-electron chi connectivity index (χ1n) is 11.7. The fourth-order valence-electron chi connectivity index (χ4n) is 4.15. The minimum absolute atomic E-state index is 0.0504. The molecule has 1 aliphatic rings. The first-order chi connectivity index (χ1) is 16.5. The SMILES string of the molecule is CN(OCC(=O)O)C(=O)CCCCCCCNC(=O)OCC1c2ccccc2-c2ccccc21. The number of aliphatic carboxylic acids is 1. The molecule has 0 saturated heterocycles. The number of unbranched alkanes of at least 4 members (excludes halogenated alkanes) is 4. The smallest absolute Gasteiger partial charge is 0.407 e. The number of nitrogens with zero attached hydrogens (tertiary/aromatic N) is 1. The number of carboxylic acid groups (broad SMARTS) is 1. The van der Waals surface area contributed by atoms with Gasteiger partial charge in [0.25, 0.3) is 0 Å². The zero-order valence-electron chi connectivity index (χ0n) is 19.5. The summed E-state index contributed by atoms with van der Waals surface area (Å²) in [6, 6.07) is 16.5. The number of nitrogens with one attached hydrogen (secondary N) is 1. The van der Waals surface area contributed by atoms with E-state index in [1.54, 1.807) is 0 Å². The molecule has 0 unspecified atom stereocenters. The van der Waals surface area contributed by atoms with Gasteiger partial charge in [-0.15, -0.1) is 0 Å². The van der Waals surface area contributed by atoms with Crippen LogP contribution in [0.1, 0.15) is 55.6 Å². The molecular weight excluding hydrogens is 436 g/mol. The summed E-state index contributed by atoms with van der Waals surface area (Å²) in [6.07, 6.45) is 4.20. The average molecular weight is 469 g/mol. The van der Waals surface area contributed by atoms with E-state index in [1.165, 1.54) is 29.3 Å². The maximum absolute atomic E-state index is 12.2. The zero-order valence-corrected chi connectivity index (χ0v) is 19.5. The van der Waals surface area contributed by atoms with Crippen molar-refractivity contribution in [3.63, 3.8) is 0 Å².